The zero-order chi connectivity index (χ0) is 15.0. The number of ketones is 1. The summed E-state index contributed by atoms with van der Waals surface area (Å²) in [6.07, 6.45) is 0. The molecule has 0 spiro atoms. The van der Waals surface area contributed by atoms with Gasteiger partial charge in [-0.05, 0) is 36.1 Å². The van der Waals surface area contributed by atoms with E-state index in [0.717, 1.165) is 0 Å². The second-order valence-corrected chi connectivity index (χ2v) is 4.93. The summed E-state index contributed by atoms with van der Waals surface area (Å²) in [5.41, 5.74) is 1.11. The van der Waals surface area contributed by atoms with Gasteiger partial charge in [0.2, 0.25) is 0 Å². The molecule has 3 aromatic carbocycles. The molecule has 0 aliphatic rings. The van der Waals surface area contributed by atoms with Gasteiger partial charge in [-0.3, -0.25) is 4.79 Å². The van der Waals surface area contributed by atoms with Gasteiger partial charge in [0.1, 0.15) is 11.6 Å². The maximum Gasteiger partial charge on any atom is 0.193 e. The van der Waals surface area contributed by atoms with E-state index in [9.17, 15) is 13.6 Å². The monoisotopic (exact) mass is 282 g/mol. The highest BCUT2D eigenvalue weighted by atomic mass is 19.1. The van der Waals surface area contributed by atoms with Gasteiger partial charge in [-0.25, -0.2) is 8.78 Å². The van der Waals surface area contributed by atoms with Crippen molar-refractivity contribution in [2.45, 2.75) is 6.92 Å². The number of aryl methyl sites for hydroxylation is 1. The van der Waals surface area contributed by atoms with Crippen LogP contribution < -0.4 is 0 Å². The molecule has 0 radical (unpaired) electrons. The summed E-state index contributed by atoms with van der Waals surface area (Å²) in [6, 6.07) is 13.8. The van der Waals surface area contributed by atoms with Crippen molar-refractivity contribution in [2.75, 3.05) is 0 Å². The maximum absolute atomic E-state index is 13.8. The third kappa shape index (κ3) is 2.31. The SMILES string of the molecule is Cc1ccc(C(=O)c2ccc(F)c3ccccc23)cc1F. The average Bonchev–Trinajstić information content (AvgIpc) is 2.50. The molecule has 3 aromatic rings. The van der Waals surface area contributed by atoms with Crippen molar-refractivity contribution in [3.63, 3.8) is 0 Å². The van der Waals surface area contributed by atoms with Crippen molar-refractivity contribution in [2.24, 2.45) is 0 Å². The van der Waals surface area contributed by atoms with Gasteiger partial charge in [-0.1, -0.05) is 36.4 Å². The van der Waals surface area contributed by atoms with Crippen molar-refractivity contribution in [3.8, 4) is 0 Å². The molecule has 0 heterocycles. The van der Waals surface area contributed by atoms with E-state index < -0.39 is 5.82 Å². The van der Waals surface area contributed by atoms with Crippen LogP contribution in [0.3, 0.4) is 0 Å². The summed E-state index contributed by atoms with van der Waals surface area (Å²) in [4.78, 5) is 12.5. The largest absolute Gasteiger partial charge is 0.289 e. The standard InChI is InChI=1S/C18H12F2O/c1-11-6-7-12(10-17(11)20)18(21)15-8-9-16(19)14-5-3-2-4-13(14)15/h2-10H,1H3. The fourth-order valence-electron chi connectivity index (χ4n) is 2.35. The minimum atomic E-state index is -0.424. The lowest BCUT2D eigenvalue weighted by Crippen LogP contribution is -2.04. The van der Waals surface area contributed by atoms with E-state index in [4.69, 9.17) is 0 Å². The second-order valence-electron chi connectivity index (χ2n) is 4.93. The lowest BCUT2D eigenvalue weighted by atomic mass is 9.96. The van der Waals surface area contributed by atoms with Crippen molar-refractivity contribution in [3.05, 3.63) is 82.9 Å². The molecule has 0 aliphatic carbocycles. The average molecular weight is 282 g/mol. The van der Waals surface area contributed by atoms with E-state index >= 15 is 0 Å². The van der Waals surface area contributed by atoms with Crippen molar-refractivity contribution >= 4 is 16.6 Å². The summed E-state index contributed by atoms with van der Waals surface area (Å²) in [5, 5.41) is 0.916. The van der Waals surface area contributed by atoms with Gasteiger partial charge in [0.15, 0.2) is 5.78 Å². The Hall–Kier alpha value is -2.55. The van der Waals surface area contributed by atoms with E-state index in [2.05, 4.69) is 0 Å². The molecular formula is C18H12F2O. The lowest BCUT2D eigenvalue weighted by molar-refractivity contribution is 0.104. The molecule has 1 nitrogen and oxygen atoms in total. The van der Waals surface area contributed by atoms with Crippen LogP contribution in [0.2, 0.25) is 0 Å². The Balaban J connectivity index is 2.18. The fourth-order valence-corrected chi connectivity index (χ4v) is 2.35. The third-order valence-electron chi connectivity index (χ3n) is 3.55. The van der Waals surface area contributed by atoms with Crippen LogP contribution >= 0.6 is 0 Å². The molecule has 0 N–H and O–H groups in total. The second kappa shape index (κ2) is 5.09. The molecule has 0 bridgehead atoms. The number of benzene rings is 3. The molecule has 0 saturated carbocycles. The smallest absolute Gasteiger partial charge is 0.193 e. The van der Waals surface area contributed by atoms with Gasteiger partial charge in [0.25, 0.3) is 0 Å². The van der Waals surface area contributed by atoms with Crippen LogP contribution in [0.4, 0.5) is 8.78 Å². The summed E-state index contributed by atoms with van der Waals surface area (Å²) in [7, 11) is 0. The van der Waals surface area contributed by atoms with Crippen LogP contribution in [0.1, 0.15) is 21.5 Å². The number of halogens is 2. The predicted molar refractivity (Wildman–Crippen MR) is 78.5 cm³/mol. The number of hydrogen-bond donors (Lipinski definition) is 0. The van der Waals surface area contributed by atoms with E-state index in [0.29, 0.717) is 21.9 Å². The van der Waals surface area contributed by atoms with Crippen molar-refractivity contribution in [1.29, 1.82) is 0 Å². The van der Waals surface area contributed by atoms with Crippen LogP contribution in [0.25, 0.3) is 10.8 Å². The first kappa shape index (κ1) is 13.4. The molecule has 3 heteroatoms. The van der Waals surface area contributed by atoms with Gasteiger partial charge < -0.3 is 0 Å². The van der Waals surface area contributed by atoms with E-state index in [1.165, 1.54) is 18.2 Å². The van der Waals surface area contributed by atoms with Crippen molar-refractivity contribution in [1.82, 2.24) is 0 Å². The number of rotatable bonds is 2. The maximum atomic E-state index is 13.8. The zero-order valence-corrected chi connectivity index (χ0v) is 11.4. The molecule has 21 heavy (non-hydrogen) atoms. The van der Waals surface area contributed by atoms with Crippen LogP contribution in [-0.4, -0.2) is 5.78 Å². The first-order valence-electron chi connectivity index (χ1n) is 6.56. The Morgan fingerprint density at radius 3 is 2.29 bits per heavy atom. The Labute approximate surface area is 120 Å². The Morgan fingerprint density at radius 1 is 0.857 bits per heavy atom. The highest BCUT2D eigenvalue weighted by Crippen LogP contribution is 2.24. The van der Waals surface area contributed by atoms with Gasteiger partial charge in [0.05, 0.1) is 0 Å². The molecule has 0 fully saturated rings. The van der Waals surface area contributed by atoms with Gasteiger partial charge >= 0.3 is 0 Å². The highest BCUT2D eigenvalue weighted by Gasteiger charge is 2.15. The molecule has 3 rings (SSSR count). The summed E-state index contributed by atoms with van der Waals surface area (Å²) in [5.74, 6) is -1.12. The van der Waals surface area contributed by atoms with Gasteiger partial charge in [-0.2, -0.15) is 0 Å². The summed E-state index contributed by atoms with van der Waals surface area (Å²) < 4.78 is 27.4. The Bertz CT molecular complexity index is 853. The highest BCUT2D eigenvalue weighted by molar-refractivity contribution is 6.16. The molecule has 0 aromatic heterocycles. The first-order valence-corrected chi connectivity index (χ1v) is 6.56. The minimum Gasteiger partial charge on any atom is -0.289 e. The van der Waals surface area contributed by atoms with Crippen molar-refractivity contribution < 1.29 is 13.6 Å². The lowest BCUT2D eigenvalue weighted by Gasteiger charge is -2.07. The zero-order valence-electron chi connectivity index (χ0n) is 11.4. The van der Waals surface area contributed by atoms with Crippen LogP contribution in [0.15, 0.2) is 54.6 Å². The normalized spacial score (nSPS) is 10.8. The topological polar surface area (TPSA) is 17.1 Å². The number of fused-ring (bicyclic) bond motifs is 1. The molecular weight excluding hydrogens is 270 g/mol. The molecule has 0 amide bonds. The van der Waals surface area contributed by atoms with Gasteiger partial charge in [0, 0.05) is 16.5 Å². The molecule has 0 atom stereocenters. The number of carbonyl (C=O) groups is 1. The molecule has 0 saturated heterocycles. The quantitative estimate of drug-likeness (QED) is 0.625. The van der Waals surface area contributed by atoms with Gasteiger partial charge in [-0.15, -0.1) is 0 Å². The van der Waals surface area contributed by atoms with E-state index in [1.807, 2.05) is 0 Å². The fraction of sp³-hybridized carbons (Fsp3) is 0.0556. The van der Waals surface area contributed by atoms with Crippen LogP contribution in [0, 0.1) is 18.6 Å². The molecule has 0 aliphatic heterocycles. The predicted octanol–water partition coefficient (Wildman–Crippen LogP) is 4.66. The van der Waals surface area contributed by atoms with Crippen LogP contribution in [0.5, 0.6) is 0 Å². The number of hydrogen-bond acceptors (Lipinski definition) is 1. The Kier molecular flexibility index (Phi) is 3.26. The summed E-state index contributed by atoms with van der Waals surface area (Å²) >= 11 is 0. The summed E-state index contributed by atoms with van der Waals surface area (Å²) in [6.45, 7) is 1.64. The van der Waals surface area contributed by atoms with E-state index in [1.54, 1.807) is 43.3 Å². The van der Waals surface area contributed by atoms with Crippen LogP contribution in [-0.2, 0) is 0 Å². The first-order chi connectivity index (χ1) is 10.1. The molecule has 104 valence electrons. The molecule has 0 unspecified atom stereocenters. The van der Waals surface area contributed by atoms with E-state index in [-0.39, 0.29) is 17.2 Å². The Morgan fingerprint density at radius 2 is 1.57 bits per heavy atom. The minimum absolute atomic E-state index is 0.259. The third-order valence-corrected chi connectivity index (χ3v) is 3.55. The number of carbonyl (C=O) groups excluding carboxylic acids is 1.